The number of hydrogen-bond acceptors (Lipinski definition) is 17. The van der Waals surface area contributed by atoms with Crippen LogP contribution in [0.25, 0.3) is 16.0 Å². The van der Waals surface area contributed by atoms with E-state index in [9.17, 15) is 19.3 Å². The minimum Gasteiger partial charge on any atom is -0.347 e. The second kappa shape index (κ2) is 17.5. The number of aromatic nitrogens is 4. The molecule has 4 unspecified atom stereocenters. The zero-order chi connectivity index (χ0) is 41.2. The Bertz CT molecular complexity index is 2360. The Morgan fingerprint density at radius 1 is 1.17 bits per heavy atom. The van der Waals surface area contributed by atoms with E-state index in [-0.39, 0.29) is 55.1 Å². The van der Waals surface area contributed by atoms with Gasteiger partial charge in [0.2, 0.25) is 18.4 Å². The molecule has 7 rings (SSSR count). The lowest BCUT2D eigenvalue weighted by atomic mass is 10.1. The molecule has 2 bridgehead atoms. The minimum atomic E-state index is -4.36. The summed E-state index contributed by atoms with van der Waals surface area (Å²) in [7, 11) is 0. The Hall–Kier alpha value is -4.24. The molecular weight excluding hydrogens is 843 g/mol. The number of imidazole rings is 1. The fourth-order valence-electron chi connectivity index (χ4n) is 6.11. The van der Waals surface area contributed by atoms with E-state index in [1.165, 1.54) is 22.1 Å². The molecule has 6 heterocycles. The molecule has 8 atom stereocenters. The Morgan fingerprint density at radius 3 is 2.72 bits per heavy atom. The molecular formula is C32H36FN11O10P2S2. The number of alkyl halides is 1. The standard InChI is InChI=1S/C32H36FN11O10P2S2/c1-17(2)28(45)41-32-40-27-23(30(47)42-32)38-20-14-51-55(48,57)54-24-21(33)19(13-52-56(58,49-11-9-34-3)50-12-10-43(20)27)53-31(24)44-16-37-22-25(35-15-36-26(22)44)39-29(46)18-7-5-4-6-8-18/h4-8,15-17,19,21-22,24,26,31H,9-14H2,1-2H3,(H,48,57)(H,35,36,39,46)(H2,40,41,42,45,47)/t19-,21-,22?,24-,26?,31-,55?,56?/m1/s1. The van der Waals surface area contributed by atoms with Gasteiger partial charge in [-0.05, 0) is 35.7 Å². The quantitative estimate of drug-likeness (QED) is 0.151. The van der Waals surface area contributed by atoms with Gasteiger partial charge in [-0.25, -0.2) is 25.9 Å². The van der Waals surface area contributed by atoms with Crippen LogP contribution in [-0.2, 0) is 68.9 Å². The highest BCUT2D eigenvalue weighted by Gasteiger charge is 2.54. The first kappa shape index (κ1) is 41.9. The van der Waals surface area contributed by atoms with Crippen LogP contribution in [0.2, 0.25) is 0 Å². The Balaban J connectivity index is 1.18. The molecule has 4 aliphatic rings. The van der Waals surface area contributed by atoms with E-state index in [4.69, 9.17) is 57.5 Å². The predicted molar refractivity (Wildman–Crippen MR) is 213 cm³/mol. The predicted octanol–water partition coefficient (Wildman–Crippen LogP) is 2.01. The van der Waals surface area contributed by atoms with Gasteiger partial charge in [-0.15, -0.1) is 0 Å². The summed E-state index contributed by atoms with van der Waals surface area (Å²) in [4.78, 5) is 79.0. The number of aliphatic imine (C=N–C) groups is 3. The average Bonchev–Trinajstić information content (AvgIpc) is 3.87. The molecule has 1 aromatic carbocycles. The molecule has 3 aromatic rings. The zero-order valence-electron chi connectivity index (χ0n) is 30.6. The van der Waals surface area contributed by atoms with Crippen molar-refractivity contribution < 1.29 is 46.2 Å². The van der Waals surface area contributed by atoms with E-state index in [0.717, 1.165) is 0 Å². The Labute approximate surface area is 339 Å². The van der Waals surface area contributed by atoms with E-state index in [1.807, 2.05) is 0 Å². The smallest absolute Gasteiger partial charge is 0.327 e. The number of benzene rings is 1. The number of halogens is 1. The van der Waals surface area contributed by atoms with Gasteiger partial charge in [0.15, 0.2) is 35.8 Å². The average molecular weight is 880 g/mol. The van der Waals surface area contributed by atoms with Gasteiger partial charge in [0.1, 0.15) is 43.4 Å². The van der Waals surface area contributed by atoms with E-state index >= 15 is 4.39 Å². The SMILES string of the molecule is [C-]#[N+]CCOP1(=S)OCCn2c(nc3c(=O)[nH]c(NC(=O)C(C)C)nc32)COP(O)(=S)O[C@@H]2[C@H](F)[C@@H](CO1)O[C@H]2N1C=NC2C(NC(=O)c3ccccc3)=NC=NC21. The van der Waals surface area contributed by atoms with Gasteiger partial charge in [-0.1, -0.05) is 32.0 Å². The molecule has 21 nitrogen and oxygen atoms in total. The molecule has 308 valence electrons. The monoisotopic (exact) mass is 879 g/mol. The van der Waals surface area contributed by atoms with E-state index in [2.05, 4.69) is 45.4 Å². The zero-order valence-corrected chi connectivity index (χ0v) is 34.0. The molecule has 4 N–H and O–H groups in total. The molecule has 0 radical (unpaired) electrons. The number of hydrogen-bond donors (Lipinski definition) is 4. The molecule has 0 saturated carbocycles. The highest BCUT2D eigenvalue weighted by molar-refractivity contribution is 8.07. The van der Waals surface area contributed by atoms with Gasteiger partial charge in [-0.3, -0.25) is 34.2 Å². The van der Waals surface area contributed by atoms with Gasteiger partial charge >= 0.3 is 13.4 Å². The molecule has 1 fully saturated rings. The molecule has 0 aliphatic carbocycles. The molecule has 1 saturated heterocycles. The molecule has 0 spiro atoms. The first-order valence-electron chi connectivity index (χ1n) is 17.6. The number of fused-ring (bicyclic) bond motifs is 6. The normalized spacial score (nSPS) is 29.9. The van der Waals surface area contributed by atoms with Crippen molar-refractivity contribution in [2.45, 2.75) is 63.8 Å². The summed E-state index contributed by atoms with van der Waals surface area (Å²) in [5.74, 6) is -1.22. The number of amidine groups is 1. The number of amides is 2. The summed E-state index contributed by atoms with van der Waals surface area (Å²) in [5, 5.41) is 5.30. The van der Waals surface area contributed by atoms with Crippen LogP contribution in [0.15, 0.2) is 50.1 Å². The number of H-pyrrole nitrogens is 1. The third-order valence-electron chi connectivity index (χ3n) is 8.96. The molecule has 2 aromatic heterocycles. The number of ether oxygens (including phenoxy) is 1. The van der Waals surface area contributed by atoms with Crippen LogP contribution in [-0.4, -0.2) is 123 Å². The van der Waals surface area contributed by atoms with Gasteiger partial charge < -0.3 is 47.4 Å². The maximum absolute atomic E-state index is 16.6. The van der Waals surface area contributed by atoms with Crippen LogP contribution < -0.4 is 16.2 Å². The first-order valence-corrected chi connectivity index (χ1v) is 22.8. The van der Waals surface area contributed by atoms with Crippen LogP contribution >= 0.6 is 13.4 Å². The number of anilines is 1. The number of nitrogens with zero attached hydrogens (tertiary/aromatic N) is 8. The minimum absolute atomic E-state index is 0.0137. The lowest BCUT2D eigenvalue weighted by Crippen LogP contribution is -2.53. The fourth-order valence-corrected chi connectivity index (χ4v) is 9.23. The van der Waals surface area contributed by atoms with Gasteiger partial charge in [0.05, 0.1) is 19.6 Å². The number of carbonyl (C=O) groups excluding carboxylic acids is 2. The third kappa shape index (κ3) is 9.15. The van der Waals surface area contributed by atoms with Crippen molar-refractivity contribution in [3.05, 3.63) is 63.5 Å². The van der Waals surface area contributed by atoms with Gasteiger partial charge in [0.25, 0.3) is 11.5 Å². The summed E-state index contributed by atoms with van der Waals surface area (Å²) < 4.78 is 53.4. The molecule has 2 amide bonds. The molecule has 26 heteroatoms. The summed E-state index contributed by atoms with van der Waals surface area (Å²) in [5.41, 5.74) is -0.447. The van der Waals surface area contributed by atoms with Gasteiger partial charge in [-0.2, -0.15) is 4.98 Å². The Kier molecular flexibility index (Phi) is 12.7. The van der Waals surface area contributed by atoms with E-state index < -0.39 is 86.8 Å². The largest absolute Gasteiger partial charge is 0.347 e. The third-order valence-corrected chi connectivity index (χ3v) is 12.9. The van der Waals surface area contributed by atoms with Crippen LogP contribution in [0, 0.1) is 12.5 Å². The highest BCUT2D eigenvalue weighted by Crippen LogP contribution is 2.53. The van der Waals surface area contributed by atoms with Crippen LogP contribution in [0.5, 0.6) is 0 Å². The number of nitrogens with one attached hydrogen (secondary N) is 3. The first-order chi connectivity index (χ1) is 27.8. The van der Waals surface area contributed by atoms with Crippen molar-refractivity contribution in [3.8, 4) is 0 Å². The van der Waals surface area contributed by atoms with E-state index in [0.29, 0.717) is 5.56 Å². The lowest BCUT2D eigenvalue weighted by molar-refractivity contribution is -0.118. The van der Waals surface area contributed by atoms with Crippen LogP contribution in [0.3, 0.4) is 0 Å². The second-order valence-electron chi connectivity index (χ2n) is 13.2. The maximum atomic E-state index is 16.6. The van der Waals surface area contributed by atoms with Crippen LogP contribution in [0.4, 0.5) is 10.3 Å². The van der Waals surface area contributed by atoms with E-state index in [1.54, 1.807) is 44.2 Å². The topological polar surface area (TPSA) is 242 Å². The summed E-state index contributed by atoms with van der Waals surface area (Å²) >= 11 is 11.0. The molecule has 58 heavy (non-hydrogen) atoms. The number of carbonyl (C=O) groups is 2. The maximum Gasteiger partial charge on any atom is 0.327 e. The lowest BCUT2D eigenvalue weighted by Gasteiger charge is -2.34. The number of rotatable bonds is 7. The van der Waals surface area contributed by atoms with Gasteiger partial charge in [0, 0.05) is 18.0 Å². The van der Waals surface area contributed by atoms with Crippen molar-refractivity contribution in [2.75, 3.05) is 31.7 Å². The van der Waals surface area contributed by atoms with Crippen molar-refractivity contribution in [1.29, 1.82) is 0 Å². The highest BCUT2D eigenvalue weighted by atomic mass is 32.5. The van der Waals surface area contributed by atoms with Crippen molar-refractivity contribution in [1.82, 2.24) is 29.7 Å². The molecule has 4 aliphatic heterocycles. The Morgan fingerprint density at radius 2 is 1.97 bits per heavy atom. The number of aromatic amines is 1. The van der Waals surface area contributed by atoms with Crippen LogP contribution in [0.1, 0.15) is 30.0 Å². The van der Waals surface area contributed by atoms with Crippen molar-refractivity contribution >= 4 is 84.5 Å². The fraction of sp³-hybridized carbons (Fsp3) is 0.469. The summed E-state index contributed by atoms with van der Waals surface area (Å²) in [6.07, 6.45) is -4.77. The summed E-state index contributed by atoms with van der Waals surface area (Å²) in [6.45, 7) is 0.771. The van der Waals surface area contributed by atoms with Crippen molar-refractivity contribution in [3.63, 3.8) is 0 Å². The van der Waals surface area contributed by atoms with Crippen molar-refractivity contribution in [2.24, 2.45) is 20.9 Å². The summed E-state index contributed by atoms with van der Waals surface area (Å²) in [6, 6.07) is 7.62. The second-order valence-corrected chi connectivity index (χ2v) is 19.0.